The van der Waals surface area contributed by atoms with Crippen LogP contribution in [0.2, 0.25) is 0 Å². The van der Waals surface area contributed by atoms with Gasteiger partial charge in [0.05, 0.1) is 30.9 Å². The molecule has 10 nitrogen and oxygen atoms in total. The molecule has 0 aliphatic carbocycles. The van der Waals surface area contributed by atoms with Crippen LogP contribution in [0.15, 0.2) is 34.9 Å². The molecular formula is C25H32BrN5O5. The zero-order chi connectivity index (χ0) is 26.3. The molecule has 4 rings (SSSR count). The van der Waals surface area contributed by atoms with E-state index in [4.69, 9.17) is 9.47 Å². The standard InChI is InChI=1S/C25H32BrN5O5/c1-24(2,3)21-25(9-11-30(12-10-25)23(33)34)18(28-15-7-6-8-16(13-15)35-4)20(32)31(21)22-27-14-17(26)19(29-22)36-5/h6-8,13-14,18,21,28H,9-12H2,1-5H3,(H,33,34). The summed E-state index contributed by atoms with van der Waals surface area (Å²) in [5.41, 5.74) is -0.194. The quantitative estimate of drug-likeness (QED) is 0.556. The minimum absolute atomic E-state index is 0.161. The molecule has 2 N–H and O–H groups in total. The topological polar surface area (TPSA) is 117 Å². The van der Waals surface area contributed by atoms with E-state index in [1.54, 1.807) is 18.2 Å². The van der Waals surface area contributed by atoms with Crippen LogP contribution in [0.5, 0.6) is 11.6 Å². The number of halogens is 1. The van der Waals surface area contributed by atoms with E-state index in [9.17, 15) is 14.7 Å². The molecule has 2 saturated heterocycles. The Morgan fingerprint density at radius 2 is 1.92 bits per heavy atom. The maximum Gasteiger partial charge on any atom is 0.407 e. The lowest BCUT2D eigenvalue weighted by molar-refractivity contribution is -0.119. The summed E-state index contributed by atoms with van der Waals surface area (Å²) in [6, 6.07) is 6.52. The number of hydrogen-bond acceptors (Lipinski definition) is 7. The van der Waals surface area contributed by atoms with Crippen molar-refractivity contribution in [2.45, 2.75) is 45.7 Å². The molecule has 11 heteroatoms. The molecule has 2 atom stereocenters. The number of benzene rings is 1. The van der Waals surface area contributed by atoms with Gasteiger partial charge in [0.2, 0.25) is 11.8 Å². The van der Waals surface area contributed by atoms with Gasteiger partial charge in [0.15, 0.2) is 0 Å². The highest BCUT2D eigenvalue weighted by Crippen LogP contribution is 2.54. The van der Waals surface area contributed by atoms with Crippen molar-refractivity contribution in [3.63, 3.8) is 0 Å². The lowest BCUT2D eigenvalue weighted by Crippen LogP contribution is -2.57. The Labute approximate surface area is 219 Å². The van der Waals surface area contributed by atoms with Crippen molar-refractivity contribution in [3.8, 4) is 11.6 Å². The average molecular weight is 562 g/mol. The molecule has 3 heterocycles. The third-order valence-corrected chi connectivity index (χ3v) is 7.68. The molecule has 194 valence electrons. The summed E-state index contributed by atoms with van der Waals surface area (Å²) < 4.78 is 11.4. The molecular weight excluding hydrogens is 530 g/mol. The van der Waals surface area contributed by atoms with Crippen LogP contribution in [0.25, 0.3) is 0 Å². The van der Waals surface area contributed by atoms with Crippen LogP contribution in [-0.2, 0) is 4.79 Å². The van der Waals surface area contributed by atoms with E-state index in [1.807, 2.05) is 24.3 Å². The number of anilines is 2. The highest BCUT2D eigenvalue weighted by molar-refractivity contribution is 9.10. The Morgan fingerprint density at radius 3 is 2.50 bits per heavy atom. The van der Waals surface area contributed by atoms with E-state index in [0.29, 0.717) is 42.0 Å². The fraction of sp³-hybridized carbons (Fsp3) is 0.520. The predicted molar refractivity (Wildman–Crippen MR) is 139 cm³/mol. The van der Waals surface area contributed by atoms with Crippen molar-refractivity contribution in [3.05, 3.63) is 34.9 Å². The average Bonchev–Trinajstić information content (AvgIpc) is 3.07. The van der Waals surface area contributed by atoms with Gasteiger partial charge in [0.1, 0.15) is 11.8 Å². The number of rotatable bonds is 5. The first-order valence-corrected chi connectivity index (χ1v) is 12.6. The SMILES string of the molecule is COc1cccc(NC2C(=O)N(c3ncc(Br)c(OC)n3)C(C(C)(C)C)C23CCN(C(=O)O)CC3)c1. The van der Waals surface area contributed by atoms with Crippen LogP contribution in [0.4, 0.5) is 16.4 Å². The number of likely N-dealkylation sites (tertiary alicyclic amines) is 1. The number of carbonyl (C=O) groups is 2. The first-order valence-electron chi connectivity index (χ1n) is 11.8. The van der Waals surface area contributed by atoms with Gasteiger partial charge in [-0.2, -0.15) is 4.98 Å². The Morgan fingerprint density at radius 1 is 1.22 bits per heavy atom. The molecule has 2 unspecified atom stereocenters. The first-order chi connectivity index (χ1) is 17.0. The number of ether oxygens (including phenoxy) is 2. The minimum Gasteiger partial charge on any atom is -0.497 e. The molecule has 2 fully saturated rings. The highest BCUT2D eigenvalue weighted by atomic mass is 79.9. The van der Waals surface area contributed by atoms with Crippen molar-refractivity contribution in [1.82, 2.24) is 14.9 Å². The highest BCUT2D eigenvalue weighted by Gasteiger charge is 2.64. The Kier molecular flexibility index (Phi) is 7.05. The van der Waals surface area contributed by atoms with E-state index >= 15 is 0 Å². The van der Waals surface area contributed by atoms with E-state index in [2.05, 4.69) is 52.0 Å². The van der Waals surface area contributed by atoms with E-state index in [0.717, 1.165) is 5.69 Å². The Hall–Kier alpha value is -3.08. The predicted octanol–water partition coefficient (Wildman–Crippen LogP) is 4.26. The summed E-state index contributed by atoms with van der Waals surface area (Å²) >= 11 is 3.39. The number of hydrogen-bond donors (Lipinski definition) is 2. The van der Waals surface area contributed by atoms with Gasteiger partial charge in [-0.05, 0) is 46.3 Å². The van der Waals surface area contributed by atoms with Gasteiger partial charge in [0.25, 0.3) is 5.91 Å². The summed E-state index contributed by atoms with van der Waals surface area (Å²) in [6.07, 6.45) is 1.66. The van der Waals surface area contributed by atoms with Crippen LogP contribution in [-0.4, -0.2) is 71.4 Å². The largest absolute Gasteiger partial charge is 0.497 e. The monoisotopic (exact) mass is 561 g/mol. The second kappa shape index (κ2) is 9.76. The Bertz CT molecular complexity index is 1150. The fourth-order valence-corrected chi connectivity index (χ4v) is 6.11. The van der Waals surface area contributed by atoms with E-state index in [-0.39, 0.29) is 23.3 Å². The van der Waals surface area contributed by atoms with Gasteiger partial charge < -0.3 is 24.8 Å². The zero-order valence-corrected chi connectivity index (χ0v) is 22.7. The van der Waals surface area contributed by atoms with Crippen molar-refractivity contribution >= 4 is 39.6 Å². The van der Waals surface area contributed by atoms with Crippen molar-refractivity contribution < 1.29 is 24.2 Å². The van der Waals surface area contributed by atoms with Gasteiger partial charge in [0, 0.05) is 30.3 Å². The molecule has 0 bridgehead atoms. The normalized spacial score (nSPS) is 21.6. The lowest BCUT2D eigenvalue weighted by Gasteiger charge is -2.49. The maximum absolute atomic E-state index is 14.3. The van der Waals surface area contributed by atoms with E-state index < -0.39 is 17.6 Å². The van der Waals surface area contributed by atoms with Crippen LogP contribution in [0, 0.1) is 10.8 Å². The number of carbonyl (C=O) groups excluding carboxylic acids is 1. The maximum atomic E-state index is 14.3. The number of amides is 2. The number of methoxy groups -OCH3 is 2. The van der Waals surface area contributed by atoms with Gasteiger partial charge in [-0.25, -0.2) is 9.78 Å². The molecule has 0 radical (unpaired) electrons. The molecule has 36 heavy (non-hydrogen) atoms. The van der Waals surface area contributed by atoms with Crippen LogP contribution >= 0.6 is 15.9 Å². The van der Waals surface area contributed by atoms with Crippen LogP contribution in [0.1, 0.15) is 33.6 Å². The molecule has 2 aliphatic heterocycles. The number of aromatic nitrogens is 2. The first kappa shape index (κ1) is 26.0. The molecule has 1 aromatic heterocycles. The second-order valence-electron chi connectivity index (χ2n) is 10.3. The summed E-state index contributed by atoms with van der Waals surface area (Å²) in [7, 11) is 3.11. The third-order valence-electron chi connectivity index (χ3n) is 7.14. The van der Waals surface area contributed by atoms with Crippen molar-refractivity contribution in [1.29, 1.82) is 0 Å². The molecule has 1 aromatic carbocycles. The minimum atomic E-state index is -0.948. The van der Waals surface area contributed by atoms with E-state index in [1.165, 1.54) is 12.0 Å². The van der Waals surface area contributed by atoms with Crippen molar-refractivity contribution in [2.24, 2.45) is 10.8 Å². The number of carboxylic acid groups (broad SMARTS) is 1. The van der Waals surface area contributed by atoms with Crippen LogP contribution in [0.3, 0.4) is 0 Å². The molecule has 2 aromatic rings. The third kappa shape index (κ3) is 4.56. The smallest absolute Gasteiger partial charge is 0.407 e. The number of nitrogens with zero attached hydrogens (tertiary/aromatic N) is 4. The number of nitrogens with one attached hydrogen (secondary N) is 1. The summed E-state index contributed by atoms with van der Waals surface area (Å²) in [4.78, 5) is 38.1. The molecule has 2 amide bonds. The molecule has 2 aliphatic rings. The summed E-state index contributed by atoms with van der Waals surface area (Å²) in [6.45, 7) is 6.95. The summed E-state index contributed by atoms with van der Waals surface area (Å²) in [5.74, 6) is 1.10. The van der Waals surface area contributed by atoms with Gasteiger partial charge >= 0.3 is 6.09 Å². The van der Waals surface area contributed by atoms with Gasteiger partial charge in [-0.3, -0.25) is 9.69 Å². The lowest BCUT2D eigenvalue weighted by atomic mass is 9.62. The number of piperidine rings is 1. The summed E-state index contributed by atoms with van der Waals surface area (Å²) in [5, 5.41) is 13.1. The van der Waals surface area contributed by atoms with Crippen LogP contribution < -0.4 is 19.7 Å². The van der Waals surface area contributed by atoms with Crippen molar-refractivity contribution in [2.75, 3.05) is 37.5 Å². The molecule has 1 spiro atoms. The Balaban J connectivity index is 1.84. The van der Waals surface area contributed by atoms with Gasteiger partial charge in [-0.1, -0.05) is 26.8 Å². The van der Waals surface area contributed by atoms with Gasteiger partial charge in [-0.15, -0.1) is 0 Å². The fourth-order valence-electron chi connectivity index (χ4n) is 5.75. The second-order valence-corrected chi connectivity index (χ2v) is 11.2. The zero-order valence-electron chi connectivity index (χ0n) is 21.1. The molecule has 0 saturated carbocycles.